The molecule has 0 aromatic carbocycles. The molecular formula is C15H28N4O. The molecule has 0 amide bonds. The van der Waals surface area contributed by atoms with E-state index in [0.29, 0.717) is 17.9 Å². The summed E-state index contributed by atoms with van der Waals surface area (Å²) >= 11 is 0. The Morgan fingerprint density at radius 1 is 1.35 bits per heavy atom. The summed E-state index contributed by atoms with van der Waals surface area (Å²) in [6.45, 7) is 12.7. The van der Waals surface area contributed by atoms with E-state index in [4.69, 9.17) is 4.52 Å². The molecule has 114 valence electrons. The molecular weight excluding hydrogens is 252 g/mol. The van der Waals surface area contributed by atoms with Crippen LogP contribution in [0.1, 0.15) is 58.2 Å². The minimum atomic E-state index is 0.297. The molecule has 1 aliphatic heterocycles. The number of rotatable bonds is 7. The molecule has 20 heavy (non-hydrogen) atoms. The van der Waals surface area contributed by atoms with Gasteiger partial charge < -0.3 is 9.84 Å². The second kappa shape index (κ2) is 7.18. The predicted molar refractivity (Wildman–Crippen MR) is 79.5 cm³/mol. The average molecular weight is 280 g/mol. The van der Waals surface area contributed by atoms with Crippen molar-refractivity contribution in [3.05, 3.63) is 11.7 Å². The third-order valence-corrected chi connectivity index (χ3v) is 3.61. The lowest BCUT2D eigenvalue weighted by molar-refractivity contribution is 0.208. The standard InChI is InChI=1S/C15H28N4O/c1-11(2)8-19(9-13-6-5-7-16-13)10-14-17-15(12(3)4)20-18-14/h11-13,16H,5-10H2,1-4H3. The van der Waals surface area contributed by atoms with E-state index in [1.807, 2.05) is 0 Å². The van der Waals surface area contributed by atoms with E-state index in [2.05, 4.69) is 48.1 Å². The molecule has 1 fully saturated rings. The van der Waals surface area contributed by atoms with Crippen LogP contribution in [0.25, 0.3) is 0 Å². The van der Waals surface area contributed by atoms with Gasteiger partial charge in [-0.2, -0.15) is 4.98 Å². The largest absolute Gasteiger partial charge is 0.339 e. The molecule has 5 heteroatoms. The zero-order chi connectivity index (χ0) is 14.5. The van der Waals surface area contributed by atoms with Crippen molar-refractivity contribution in [2.24, 2.45) is 5.92 Å². The van der Waals surface area contributed by atoms with Gasteiger partial charge in [0.05, 0.1) is 6.54 Å². The summed E-state index contributed by atoms with van der Waals surface area (Å²) in [5.41, 5.74) is 0. The first-order valence-electron chi connectivity index (χ1n) is 7.82. The Morgan fingerprint density at radius 2 is 2.15 bits per heavy atom. The van der Waals surface area contributed by atoms with E-state index in [1.165, 1.54) is 12.8 Å². The van der Waals surface area contributed by atoms with Gasteiger partial charge in [0.1, 0.15) is 0 Å². The van der Waals surface area contributed by atoms with Crippen molar-refractivity contribution in [3.63, 3.8) is 0 Å². The van der Waals surface area contributed by atoms with Gasteiger partial charge in [0.2, 0.25) is 5.89 Å². The zero-order valence-corrected chi connectivity index (χ0v) is 13.2. The first-order valence-corrected chi connectivity index (χ1v) is 7.82. The van der Waals surface area contributed by atoms with E-state index in [1.54, 1.807) is 0 Å². The summed E-state index contributed by atoms with van der Waals surface area (Å²) in [5.74, 6) is 2.50. The highest BCUT2D eigenvalue weighted by Gasteiger charge is 2.20. The second-order valence-electron chi connectivity index (χ2n) is 6.58. The summed E-state index contributed by atoms with van der Waals surface area (Å²) in [5, 5.41) is 7.67. The van der Waals surface area contributed by atoms with Gasteiger partial charge in [-0.3, -0.25) is 4.90 Å². The lowest BCUT2D eigenvalue weighted by Gasteiger charge is -2.25. The minimum absolute atomic E-state index is 0.297. The lowest BCUT2D eigenvalue weighted by atomic mass is 10.1. The maximum atomic E-state index is 5.30. The predicted octanol–water partition coefficient (Wildman–Crippen LogP) is 2.40. The van der Waals surface area contributed by atoms with Crippen LogP contribution in [-0.2, 0) is 6.54 Å². The molecule has 0 spiro atoms. The van der Waals surface area contributed by atoms with Gasteiger partial charge in [-0.05, 0) is 25.3 Å². The summed E-state index contributed by atoms with van der Waals surface area (Å²) < 4.78 is 5.30. The summed E-state index contributed by atoms with van der Waals surface area (Å²) in [7, 11) is 0. The van der Waals surface area contributed by atoms with Crippen molar-refractivity contribution in [1.82, 2.24) is 20.4 Å². The molecule has 0 aliphatic carbocycles. The topological polar surface area (TPSA) is 54.2 Å². The van der Waals surface area contributed by atoms with Crippen LogP contribution in [-0.4, -0.2) is 40.7 Å². The van der Waals surface area contributed by atoms with Crippen LogP contribution in [0.2, 0.25) is 0 Å². The first kappa shape index (κ1) is 15.4. The van der Waals surface area contributed by atoms with Crippen LogP contribution >= 0.6 is 0 Å². The lowest BCUT2D eigenvalue weighted by Crippen LogP contribution is -2.39. The number of nitrogens with one attached hydrogen (secondary N) is 1. The quantitative estimate of drug-likeness (QED) is 0.831. The van der Waals surface area contributed by atoms with Crippen molar-refractivity contribution in [2.75, 3.05) is 19.6 Å². The highest BCUT2D eigenvalue weighted by Crippen LogP contribution is 2.14. The number of aromatic nitrogens is 2. The number of nitrogens with zero attached hydrogens (tertiary/aromatic N) is 3. The Hall–Kier alpha value is -0.940. The molecule has 1 atom stereocenters. The Balaban J connectivity index is 1.94. The van der Waals surface area contributed by atoms with Crippen LogP contribution in [0.4, 0.5) is 0 Å². The molecule has 1 N–H and O–H groups in total. The normalized spacial score (nSPS) is 19.6. The number of hydrogen-bond donors (Lipinski definition) is 1. The minimum Gasteiger partial charge on any atom is -0.339 e. The van der Waals surface area contributed by atoms with Gasteiger partial charge >= 0.3 is 0 Å². The van der Waals surface area contributed by atoms with E-state index in [-0.39, 0.29) is 0 Å². The summed E-state index contributed by atoms with van der Waals surface area (Å²) in [4.78, 5) is 6.94. The fourth-order valence-electron chi connectivity index (χ4n) is 2.71. The van der Waals surface area contributed by atoms with Crippen LogP contribution in [0.5, 0.6) is 0 Å². The molecule has 0 saturated carbocycles. The Morgan fingerprint density at radius 3 is 2.70 bits per heavy atom. The van der Waals surface area contributed by atoms with Crippen molar-refractivity contribution < 1.29 is 4.52 Å². The fraction of sp³-hybridized carbons (Fsp3) is 0.867. The maximum absolute atomic E-state index is 5.30. The van der Waals surface area contributed by atoms with Gasteiger partial charge in [0.15, 0.2) is 5.82 Å². The second-order valence-corrected chi connectivity index (χ2v) is 6.58. The van der Waals surface area contributed by atoms with Gasteiger partial charge in [0.25, 0.3) is 0 Å². The molecule has 1 unspecified atom stereocenters. The van der Waals surface area contributed by atoms with Crippen LogP contribution in [0.15, 0.2) is 4.52 Å². The molecule has 2 rings (SSSR count). The van der Waals surface area contributed by atoms with Crippen LogP contribution in [0.3, 0.4) is 0 Å². The van der Waals surface area contributed by atoms with E-state index >= 15 is 0 Å². The molecule has 1 aromatic heterocycles. The average Bonchev–Trinajstić information content (AvgIpc) is 2.99. The molecule has 1 aliphatic rings. The molecule has 1 aromatic rings. The van der Waals surface area contributed by atoms with Crippen LogP contribution < -0.4 is 5.32 Å². The van der Waals surface area contributed by atoms with Gasteiger partial charge in [-0.1, -0.05) is 32.9 Å². The Labute approximate surface area is 122 Å². The van der Waals surface area contributed by atoms with E-state index in [9.17, 15) is 0 Å². The Kier molecular flexibility index (Phi) is 5.54. The number of hydrogen-bond acceptors (Lipinski definition) is 5. The van der Waals surface area contributed by atoms with Crippen molar-refractivity contribution in [1.29, 1.82) is 0 Å². The molecule has 5 nitrogen and oxygen atoms in total. The monoisotopic (exact) mass is 280 g/mol. The van der Waals surface area contributed by atoms with E-state index < -0.39 is 0 Å². The van der Waals surface area contributed by atoms with Crippen molar-refractivity contribution >= 4 is 0 Å². The molecule has 2 heterocycles. The zero-order valence-electron chi connectivity index (χ0n) is 13.2. The molecule has 0 radical (unpaired) electrons. The first-order chi connectivity index (χ1) is 9.54. The van der Waals surface area contributed by atoms with Gasteiger partial charge in [0, 0.05) is 25.0 Å². The van der Waals surface area contributed by atoms with Gasteiger partial charge in [-0.15, -0.1) is 0 Å². The highest BCUT2D eigenvalue weighted by atomic mass is 16.5. The van der Waals surface area contributed by atoms with Crippen molar-refractivity contribution in [2.45, 2.75) is 59.0 Å². The maximum Gasteiger partial charge on any atom is 0.229 e. The molecule has 0 bridgehead atoms. The summed E-state index contributed by atoms with van der Waals surface area (Å²) in [6, 6.07) is 0.616. The third kappa shape index (κ3) is 4.56. The highest BCUT2D eigenvalue weighted by molar-refractivity contribution is 4.91. The Bertz CT molecular complexity index is 396. The SMILES string of the molecule is CC(C)CN(Cc1noc(C(C)C)n1)CC1CCCN1. The summed E-state index contributed by atoms with van der Waals surface area (Å²) in [6.07, 6.45) is 2.57. The third-order valence-electron chi connectivity index (χ3n) is 3.61. The van der Waals surface area contributed by atoms with E-state index in [0.717, 1.165) is 37.9 Å². The smallest absolute Gasteiger partial charge is 0.229 e. The molecule has 1 saturated heterocycles. The van der Waals surface area contributed by atoms with Crippen LogP contribution in [0, 0.1) is 5.92 Å². The van der Waals surface area contributed by atoms with Crippen molar-refractivity contribution in [3.8, 4) is 0 Å². The van der Waals surface area contributed by atoms with Gasteiger partial charge in [-0.25, -0.2) is 0 Å². The fourth-order valence-corrected chi connectivity index (χ4v) is 2.71.